The van der Waals surface area contributed by atoms with Gasteiger partial charge in [-0.2, -0.15) is 0 Å². The number of hydrogen-bond acceptors (Lipinski definition) is 4. The predicted octanol–water partition coefficient (Wildman–Crippen LogP) is 3.45. The Morgan fingerprint density at radius 3 is 2.50 bits per heavy atom. The van der Waals surface area contributed by atoms with E-state index in [2.05, 4.69) is 28.2 Å². The SMILES string of the molecule is CN1CCN(c2ccccc2NC(=O)CSCc2ccc(F)cc2)CC1. The normalized spacial score (nSPS) is 15.1. The van der Waals surface area contributed by atoms with E-state index in [1.165, 1.54) is 23.9 Å². The number of halogens is 1. The zero-order chi connectivity index (χ0) is 18.4. The fraction of sp³-hybridized carbons (Fsp3) is 0.350. The first-order valence-corrected chi connectivity index (χ1v) is 9.92. The molecular weight excluding hydrogens is 349 g/mol. The summed E-state index contributed by atoms with van der Waals surface area (Å²) in [6, 6.07) is 14.4. The van der Waals surface area contributed by atoms with Crippen LogP contribution in [0.15, 0.2) is 48.5 Å². The molecule has 6 heteroatoms. The molecule has 0 unspecified atom stereocenters. The van der Waals surface area contributed by atoms with E-state index < -0.39 is 0 Å². The molecular formula is C20H24FN3OS. The van der Waals surface area contributed by atoms with Gasteiger partial charge in [-0.1, -0.05) is 24.3 Å². The van der Waals surface area contributed by atoms with Crippen LogP contribution in [0.2, 0.25) is 0 Å². The van der Waals surface area contributed by atoms with E-state index in [0.717, 1.165) is 43.1 Å². The lowest BCUT2D eigenvalue weighted by Gasteiger charge is -2.35. The Labute approximate surface area is 158 Å². The Balaban J connectivity index is 1.53. The van der Waals surface area contributed by atoms with Gasteiger partial charge in [0.1, 0.15) is 5.82 Å². The summed E-state index contributed by atoms with van der Waals surface area (Å²) in [5, 5.41) is 3.04. The van der Waals surface area contributed by atoms with E-state index in [-0.39, 0.29) is 11.7 Å². The highest BCUT2D eigenvalue weighted by atomic mass is 32.2. The fourth-order valence-corrected chi connectivity index (χ4v) is 3.72. The molecule has 2 aromatic carbocycles. The highest BCUT2D eigenvalue weighted by Crippen LogP contribution is 2.26. The van der Waals surface area contributed by atoms with Gasteiger partial charge in [-0.05, 0) is 36.9 Å². The van der Waals surface area contributed by atoms with Gasteiger partial charge in [0.15, 0.2) is 0 Å². The third-order valence-corrected chi connectivity index (χ3v) is 5.44. The molecule has 2 aromatic rings. The average Bonchev–Trinajstić information content (AvgIpc) is 2.65. The standard InChI is InChI=1S/C20H24FN3OS/c1-23-10-12-24(13-11-23)19-5-3-2-4-18(19)22-20(25)15-26-14-16-6-8-17(21)9-7-16/h2-9H,10-15H2,1H3,(H,22,25). The monoisotopic (exact) mass is 373 g/mol. The topological polar surface area (TPSA) is 35.6 Å². The number of amides is 1. The Morgan fingerprint density at radius 1 is 1.08 bits per heavy atom. The number of nitrogens with one attached hydrogen (secondary N) is 1. The maximum absolute atomic E-state index is 12.9. The summed E-state index contributed by atoms with van der Waals surface area (Å²) in [7, 11) is 2.13. The van der Waals surface area contributed by atoms with Crippen LogP contribution < -0.4 is 10.2 Å². The number of benzene rings is 2. The summed E-state index contributed by atoms with van der Waals surface area (Å²) in [5.74, 6) is 0.804. The van der Waals surface area contributed by atoms with E-state index >= 15 is 0 Å². The third-order valence-electron chi connectivity index (χ3n) is 4.44. The van der Waals surface area contributed by atoms with Crippen LogP contribution in [-0.2, 0) is 10.5 Å². The molecule has 1 aliphatic heterocycles. The second-order valence-corrected chi connectivity index (χ2v) is 7.46. The van der Waals surface area contributed by atoms with Crippen molar-refractivity contribution in [3.05, 3.63) is 59.9 Å². The van der Waals surface area contributed by atoms with Crippen molar-refractivity contribution >= 4 is 29.0 Å². The molecule has 4 nitrogen and oxygen atoms in total. The number of nitrogens with zero attached hydrogens (tertiary/aromatic N) is 2. The van der Waals surface area contributed by atoms with Gasteiger partial charge in [-0.3, -0.25) is 4.79 Å². The minimum absolute atomic E-state index is 0.0151. The van der Waals surface area contributed by atoms with Crippen molar-refractivity contribution < 1.29 is 9.18 Å². The molecule has 1 fully saturated rings. The van der Waals surface area contributed by atoms with E-state index in [4.69, 9.17) is 0 Å². The van der Waals surface area contributed by atoms with Crippen LogP contribution in [0.3, 0.4) is 0 Å². The summed E-state index contributed by atoms with van der Waals surface area (Å²) >= 11 is 1.53. The number of anilines is 2. The van der Waals surface area contributed by atoms with E-state index in [1.807, 2.05) is 18.2 Å². The van der Waals surface area contributed by atoms with Crippen LogP contribution in [0.5, 0.6) is 0 Å². The third kappa shape index (κ3) is 5.22. The summed E-state index contributed by atoms with van der Waals surface area (Å²) in [6.07, 6.45) is 0. The van der Waals surface area contributed by atoms with Crippen molar-refractivity contribution in [3.8, 4) is 0 Å². The maximum Gasteiger partial charge on any atom is 0.234 e. The number of thioether (sulfide) groups is 1. The van der Waals surface area contributed by atoms with Gasteiger partial charge in [0.25, 0.3) is 0 Å². The highest BCUT2D eigenvalue weighted by Gasteiger charge is 2.17. The van der Waals surface area contributed by atoms with Crippen LogP contribution in [0, 0.1) is 5.82 Å². The number of carbonyl (C=O) groups excluding carboxylic acids is 1. The number of piperazine rings is 1. The number of rotatable bonds is 6. The Kier molecular flexibility index (Phi) is 6.52. The van der Waals surface area contributed by atoms with Crippen molar-refractivity contribution in [1.82, 2.24) is 4.90 Å². The Bertz CT molecular complexity index is 730. The quantitative estimate of drug-likeness (QED) is 0.841. The van der Waals surface area contributed by atoms with Crippen molar-refractivity contribution in [1.29, 1.82) is 0 Å². The number of carbonyl (C=O) groups is 1. The molecule has 26 heavy (non-hydrogen) atoms. The highest BCUT2D eigenvalue weighted by molar-refractivity contribution is 7.99. The maximum atomic E-state index is 12.9. The second-order valence-electron chi connectivity index (χ2n) is 6.47. The van der Waals surface area contributed by atoms with Gasteiger partial charge in [-0.15, -0.1) is 11.8 Å². The number of para-hydroxylation sites is 2. The van der Waals surface area contributed by atoms with Gasteiger partial charge >= 0.3 is 0 Å². The lowest BCUT2D eigenvalue weighted by atomic mass is 10.2. The molecule has 1 saturated heterocycles. The first kappa shape index (κ1) is 18.7. The average molecular weight is 373 g/mol. The van der Waals surface area contributed by atoms with Gasteiger partial charge in [0, 0.05) is 31.9 Å². The molecule has 0 bridgehead atoms. The lowest BCUT2D eigenvalue weighted by Crippen LogP contribution is -2.44. The Hall–Kier alpha value is -2.05. The van der Waals surface area contributed by atoms with Crippen LogP contribution in [-0.4, -0.2) is 49.8 Å². The van der Waals surface area contributed by atoms with Crippen LogP contribution in [0.25, 0.3) is 0 Å². The molecule has 0 saturated carbocycles. The van der Waals surface area contributed by atoms with E-state index in [1.54, 1.807) is 12.1 Å². The Morgan fingerprint density at radius 2 is 1.77 bits per heavy atom. The molecule has 0 spiro atoms. The van der Waals surface area contributed by atoms with Gasteiger partial charge < -0.3 is 15.1 Å². The molecule has 0 radical (unpaired) electrons. The van der Waals surface area contributed by atoms with E-state index in [0.29, 0.717) is 11.5 Å². The summed E-state index contributed by atoms with van der Waals surface area (Å²) in [4.78, 5) is 17.0. The van der Waals surface area contributed by atoms with Gasteiger partial charge in [0.05, 0.1) is 17.1 Å². The molecule has 1 heterocycles. The zero-order valence-electron chi connectivity index (χ0n) is 15.0. The molecule has 0 aromatic heterocycles. The van der Waals surface area contributed by atoms with Crippen molar-refractivity contribution in [2.45, 2.75) is 5.75 Å². The van der Waals surface area contributed by atoms with Crippen molar-refractivity contribution in [3.63, 3.8) is 0 Å². The van der Waals surface area contributed by atoms with Gasteiger partial charge in [-0.25, -0.2) is 4.39 Å². The van der Waals surface area contributed by atoms with Crippen molar-refractivity contribution in [2.75, 3.05) is 49.2 Å². The van der Waals surface area contributed by atoms with Crippen LogP contribution in [0.1, 0.15) is 5.56 Å². The first-order chi connectivity index (χ1) is 12.6. The minimum Gasteiger partial charge on any atom is -0.367 e. The van der Waals surface area contributed by atoms with Crippen LogP contribution >= 0.6 is 11.8 Å². The molecule has 138 valence electrons. The zero-order valence-corrected chi connectivity index (χ0v) is 15.8. The molecule has 0 aliphatic carbocycles. The number of likely N-dealkylation sites (N-methyl/N-ethyl adjacent to an activating group) is 1. The smallest absolute Gasteiger partial charge is 0.234 e. The lowest BCUT2D eigenvalue weighted by molar-refractivity contribution is -0.113. The predicted molar refractivity (Wildman–Crippen MR) is 107 cm³/mol. The summed E-state index contributed by atoms with van der Waals surface area (Å²) in [5.41, 5.74) is 2.96. The summed E-state index contributed by atoms with van der Waals surface area (Å²) in [6.45, 7) is 3.97. The minimum atomic E-state index is -0.239. The molecule has 1 amide bonds. The molecule has 0 atom stereocenters. The van der Waals surface area contributed by atoms with E-state index in [9.17, 15) is 9.18 Å². The summed E-state index contributed by atoms with van der Waals surface area (Å²) < 4.78 is 12.9. The molecule has 1 N–H and O–H groups in total. The molecule has 1 aliphatic rings. The fourth-order valence-electron chi connectivity index (χ4n) is 2.93. The second kappa shape index (κ2) is 9.05. The number of hydrogen-bond donors (Lipinski definition) is 1. The molecule has 3 rings (SSSR count). The largest absolute Gasteiger partial charge is 0.367 e. The van der Waals surface area contributed by atoms with Crippen LogP contribution in [0.4, 0.5) is 15.8 Å². The first-order valence-electron chi connectivity index (χ1n) is 8.76. The van der Waals surface area contributed by atoms with Crippen molar-refractivity contribution in [2.24, 2.45) is 0 Å². The van der Waals surface area contributed by atoms with Gasteiger partial charge in [0.2, 0.25) is 5.91 Å².